The number of hydrogen-bond acceptors (Lipinski definition) is 6. The van der Waals surface area contributed by atoms with Gasteiger partial charge in [0.15, 0.2) is 0 Å². The number of ether oxygens (including phenoxy) is 1. The first-order valence-electron chi connectivity index (χ1n) is 5.66. The second-order valence-electron chi connectivity index (χ2n) is 4.26. The second kappa shape index (κ2) is 3.98. The molecule has 3 N–H and O–H groups in total. The van der Waals surface area contributed by atoms with Gasteiger partial charge in [-0.05, 0) is 12.8 Å². The summed E-state index contributed by atoms with van der Waals surface area (Å²) >= 11 is 0. The molecule has 96 valence electrons. The van der Waals surface area contributed by atoms with Crippen LogP contribution in [0.1, 0.15) is 24.5 Å². The minimum atomic E-state index is -0.720. The highest BCUT2D eigenvalue weighted by molar-refractivity contribution is 5.75. The average molecular weight is 252 g/mol. The highest BCUT2D eigenvalue weighted by atomic mass is 16.5. The number of H-pyrrole nitrogens is 1. The topological polar surface area (TPSA) is 116 Å². The molecule has 0 radical (unpaired) electrons. The molecule has 3 heterocycles. The molecule has 0 atom stereocenters. The lowest BCUT2D eigenvalue weighted by atomic mass is 9.95. The fourth-order valence-corrected chi connectivity index (χ4v) is 2.23. The minimum absolute atomic E-state index is 0.00485. The largest absolute Gasteiger partial charge is 0.381 e. The van der Waals surface area contributed by atoms with Crippen LogP contribution in [-0.4, -0.2) is 28.0 Å². The van der Waals surface area contributed by atoms with Crippen LogP contribution >= 0.6 is 0 Å². The molecular weight excluding hydrogens is 240 g/mol. The van der Waals surface area contributed by atoms with Crippen LogP contribution in [0.5, 0.6) is 0 Å². The third-order valence-corrected chi connectivity index (χ3v) is 3.19. The van der Waals surface area contributed by atoms with Crippen molar-refractivity contribution in [3.63, 3.8) is 0 Å². The van der Waals surface area contributed by atoms with Crippen molar-refractivity contribution in [3.8, 4) is 0 Å². The van der Waals surface area contributed by atoms with Gasteiger partial charge in [-0.3, -0.25) is 9.78 Å². The van der Waals surface area contributed by atoms with Crippen molar-refractivity contribution in [2.75, 3.05) is 19.1 Å². The predicted octanol–water partition coefficient (Wildman–Crippen LogP) is -0.714. The second-order valence-corrected chi connectivity index (χ2v) is 4.26. The lowest BCUT2D eigenvalue weighted by molar-refractivity contribution is 0.0840. The summed E-state index contributed by atoms with van der Waals surface area (Å²) in [7, 11) is 0. The van der Waals surface area contributed by atoms with Crippen LogP contribution in [0.15, 0.2) is 14.1 Å². The van der Waals surface area contributed by atoms with Gasteiger partial charge in [-0.2, -0.15) is 4.68 Å². The van der Waals surface area contributed by atoms with Crippen molar-refractivity contribution in [2.45, 2.75) is 18.8 Å². The summed E-state index contributed by atoms with van der Waals surface area (Å²) in [6.45, 7) is 1.25. The van der Waals surface area contributed by atoms with E-state index in [2.05, 4.69) is 10.1 Å². The first-order chi connectivity index (χ1) is 8.68. The van der Waals surface area contributed by atoms with Gasteiger partial charge in [0.2, 0.25) is 0 Å². The van der Waals surface area contributed by atoms with E-state index in [1.807, 2.05) is 0 Å². The van der Waals surface area contributed by atoms with Gasteiger partial charge >= 0.3 is 5.69 Å². The Hall–Kier alpha value is -2.09. The monoisotopic (exact) mass is 252 g/mol. The van der Waals surface area contributed by atoms with Gasteiger partial charge in [0.25, 0.3) is 11.3 Å². The van der Waals surface area contributed by atoms with E-state index in [0.29, 0.717) is 18.9 Å². The molecule has 8 nitrogen and oxygen atoms in total. The fraction of sp³-hybridized carbons (Fsp3) is 0.500. The zero-order valence-electron chi connectivity index (χ0n) is 9.51. The van der Waals surface area contributed by atoms with Crippen LogP contribution in [0.2, 0.25) is 0 Å². The Bertz CT molecular complexity index is 692. The summed E-state index contributed by atoms with van der Waals surface area (Å²) in [6.07, 6.45) is 1.54. The van der Waals surface area contributed by atoms with Crippen LogP contribution in [0.3, 0.4) is 0 Å². The average Bonchev–Trinajstić information content (AvgIpc) is 2.82. The molecule has 0 spiro atoms. The summed E-state index contributed by atoms with van der Waals surface area (Å²) in [5.41, 5.74) is -0.680. The van der Waals surface area contributed by atoms with Crippen LogP contribution in [-0.2, 0) is 4.74 Å². The number of hydrogen-bond donors (Lipinski definition) is 2. The number of nitrogens with one attached hydrogen (secondary N) is 1. The summed E-state index contributed by atoms with van der Waals surface area (Å²) < 4.78 is 11.0. The summed E-state index contributed by atoms with van der Waals surface area (Å²) in [6, 6.07) is 0. The molecule has 18 heavy (non-hydrogen) atoms. The maximum Gasteiger partial charge on any atom is 0.349 e. The van der Waals surface area contributed by atoms with E-state index >= 15 is 0 Å². The van der Waals surface area contributed by atoms with Gasteiger partial charge in [-0.1, -0.05) is 5.16 Å². The summed E-state index contributed by atoms with van der Waals surface area (Å²) in [4.78, 5) is 25.3. The minimum Gasteiger partial charge on any atom is -0.381 e. The molecule has 0 unspecified atom stereocenters. The first-order valence-corrected chi connectivity index (χ1v) is 5.66. The van der Waals surface area contributed by atoms with Gasteiger partial charge in [0.1, 0.15) is 11.1 Å². The van der Waals surface area contributed by atoms with E-state index in [0.717, 1.165) is 17.5 Å². The standard InChI is InChI=1S/C10H12N4O4/c11-14-9-6(8(15)12-10(14)16)7(13-18-9)5-1-3-17-4-2-5/h5H,1-4,11H2,(H,12,15,16). The number of fused-ring (bicyclic) bond motifs is 1. The Morgan fingerprint density at radius 1 is 1.33 bits per heavy atom. The fourth-order valence-electron chi connectivity index (χ4n) is 2.23. The first kappa shape index (κ1) is 11.0. The van der Waals surface area contributed by atoms with Crippen molar-refractivity contribution in [1.29, 1.82) is 0 Å². The molecule has 1 saturated heterocycles. The van der Waals surface area contributed by atoms with Gasteiger partial charge in [0, 0.05) is 19.1 Å². The van der Waals surface area contributed by atoms with Gasteiger partial charge in [0.05, 0.1) is 0 Å². The SMILES string of the molecule is Nn1c(=O)[nH]c(=O)c2c(C3CCOCC3)noc21. The Morgan fingerprint density at radius 3 is 2.78 bits per heavy atom. The molecule has 0 amide bonds. The van der Waals surface area contributed by atoms with E-state index in [4.69, 9.17) is 15.1 Å². The molecule has 0 bridgehead atoms. The molecular formula is C10H12N4O4. The lowest BCUT2D eigenvalue weighted by Crippen LogP contribution is -2.34. The van der Waals surface area contributed by atoms with Crippen molar-refractivity contribution < 1.29 is 9.26 Å². The van der Waals surface area contributed by atoms with E-state index in [1.54, 1.807) is 0 Å². The Kier molecular flexibility index (Phi) is 2.44. The number of nitrogens with zero attached hydrogens (tertiary/aromatic N) is 2. The molecule has 2 aromatic heterocycles. The Morgan fingerprint density at radius 2 is 2.06 bits per heavy atom. The highest BCUT2D eigenvalue weighted by Gasteiger charge is 2.25. The maximum absolute atomic E-state index is 11.8. The van der Waals surface area contributed by atoms with E-state index in [1.165, 1.54) is 0 Å². The molecule has 1 fully saturated rings. The van der Waals surface area contributed by atoms with E-state index in [9.17, 15) is 9.59 Å². The molecule has 3 rings (SSSR count). The maximum atomic E-state index is 11.8. The third kappa shape index (κ3) is 1.53. The predicted molar refractivity (Wildman–Crippen MR) is 61.8 cm³/mol. The smallest absolute Gasteiger partial charge is 0.349 e. The van der Waals surface area contributed by atoms with Crippen LogP contribution in [0.4, 0.5) is 0 Å². The van der Waals surface area contributed by atoms with E-state index in [-0.39, 0.29) is 17.0 Å². The normalized spacial score (nSPS) is 17.3. The zero-order chi connectivity index (χ0) is 12.7. The Labute approximate surface area is 100 Å². The van der Waals surface area contributed by atoms with Crippen LogP contribution < -0.4 is 17.1 Å². The van der Waals surface area contributed by atoms with E-state index < -0.39 is 11.2 Å². The lowest BCUT2D eigenvalue weighted by Gasteiger charge is -2.19. The quantitative estimate of drug-likeness (QED) is 0.647. The molecule has 0 aromatic carbocycles. The molecule has 1 aliphatic heterocycles. The molecule has 2 aromatic rings. The summed E-state index contributed by atoms with van der Waals surface area (Å²) in [5.74, 6) is 5.60. The molecule has 0 saturated carbocycles. The third-order valence-electron chi connectivity index (χ3n) is 3.19. The highest BCUT2D eigenvalue weighted by Crippen LogP contribution is 2.29. The number of nitrogen functional groups attached to an aromatic ring is 1. The number of nitrogens with two attached hydrogens (primary N) is 1. The van der Waals surface area contributed by atoms with Crippen LogP contribution in [0, 0.1) is 0 Å². The van der Waals surface area contributed by atoms with Gasteiger partial charge in [-0.25, -0.2) is 4.79 Å². The van der Waals surface area contributed by atoms with Gasteiger partial charge < -0.3 is 15.1 Å². The number of aromatic amines is 1. The van der Waals surface area contributed by atoms with Crippen molar-refractivity contribution in [3.05, 3.63) is 26.5 Å². The number of aromatic nitrogens is 3. The molecule has 1 aliphatic rings. The van der Waals surface area contributed by atoms with Crippen molar-refractivity contribution >= 4 is 11.1 Å². The van der Waals surface area contributed by atoms with Crippen LogP contribution in [0.25, 0.3) is 11.1 Å². The summed E-state index contributed by atoms with van der Waals surface area (Å²) in [5, 5.41) is 4.15. The zero-order valence-corrected chi connectivity index (χ0v) is 9.51. The Balaban J connectivity index is 2.22. The van der Waals surface area contributed by atoms with Crippen molar-refractivity contribution in [1.82, 2.24) is 14.8 Å². The molecule has 0 aliphatic carbocycles. The number of rotatable bonds is 1. The van der Waals surface area contributed by atoms with Gasteiger partial charge in [-0.15, -0.1) is 0 Å². The van der Waals surface area contributed by atoms with Crippen molar-refractivity contribution in [2.24, 2.45) is 0 Å². The molecule has 8 heteroatoms.